The van der Waals surface area contributed by atoms with Crippen molar-refractivity contribution >= 4 is 45.4 Å². The van der Waals surface area contributed by atoms with E-state index >= 15 is 0 Å². The van der Waals surface area contributed by atoms with Crippen LogP contribution in [0, 0.1) is 11.3 Å². The highest BCUT2D eigenvalue weighted by Crippen LogP contribution is 2.31. The Morgan fingerprint density at radius 3 is 2.84 bits per heavy atom. The molecule has 1 aromatic carbocycles. The molecule has 5 rings (SSSR count). The monoisotopic (exact) mass is 479 g/mol. The summed E-state index contributed by atoms with van der Waals surface area (Å²) < 4.78 is 8.01. The van der Waals surface area contributed by atoms with Gasteiger partial charge in [0.05, 0.1) is 28.7 Å². The van der Waals surface area contributed by atoms with Crippen molar-refractivity contribution < 1.29 is 14.3 Å². The van der Waals surface area contributed by atoms with Crippen molar-refractivity contribution in [3.05, 3.63) is 45.6 Å². The fraction of sp³-hybridized carbons (Fsp3) is 0.200. The van der Waals surface area contributed by atoms with E-state index in [-0.39, 0.29) is 18.3 Å². The molecule has 0 spiro atoms. The molecule has 2 aromatic heterocycles. The molecule has 1 saturated carbocycles. The van der Waals surface area contributed by atoms with Crippen molar-refractivity contribution in [1.82, 2.24) is 24.9 Å². The highest BCUT2D eigenvalue weighted by molar-refractivity contribution is 9.10. The van der Waals surface area contributed by atoms with Crippen LogP contribution < -0.4 is 15.4 Å². The maximum Gasteiger partial charge on any atom is 0.327 e. The number of anilines is 1. The van der Waals surface area contributed by atoms with E-state index in [9.17, 15) is 9.59 Å². The summed E-state index contributed by atoms with van der Waals surface area (Å²) in [6.07, 6.45) is 5.23. The van der Waals surface area contributed by atoms with Crippen LogP contribution in [0.25, 0.3) is 11.7 Å². The Labute approximate surface area is 184 Å². The maximum absolute atomic E-state index is 11.9. The van der Waals surface area contributed by atoms with E-state index in [0.29, 0.717) is 44.6 Å². The summed E-state index contributed by atoms with van der Waals surface area (Å²) in [6.45, 7) is 0. The highest BCUT2D eigenvalue weighted by Gasteiger charge is 2.26. The normalized spacial score (nSPS) is 17.1. The van der Waals surface area contributed by atoms with Crippen LogP contribution in [0.3, 0.4) is 0 Å². The second-order valence-corrected chi connectivity index (χ2v) is 8.02. The molecule has 3 aromatic rings. The molecule has 3 heterocycles. The van der Waals surface area contributed by atoms with Crippen LogP contribution in [0.1, 0.15) is 30.4 Å². The van der Waals surface area contributed by atoms with Gasteiger partial charge < -0.3 is 10.1 Å². The zero-order valence-electron chi connectivity index (χ0n) is 15.9. The van der Waals surface area contributed by atoms with Crippen LogP contribution in [0.5, 0.6) is 11.8 Å². The van der Waals surface area contributed by atoms with E-state index in [4.69, 9.17) is 10.00 Å². The van der Waals surface area contributed by atoms with Crippen molar-refractivity contribution in [3.63, 3.8) is 0 Å². The number of nitriles is 1. The number of hydrogen-bond donors (Lipinski definition) is 2. The Morgan fingerprint density at radius 1 is 1.32 bits per heavy atom. The third-order valence-corrected chi connectivity index (χ3v) is 5.39. The smallest absolute Gasteiger partial charge is 0.327 e. The van der Waals surface area contributed by atoms with Gasteiger partial charge in [0.1, 0.15) is 5.75 Å². The first-order valence-electron chi connectivity index (χ1n) is 9.45. The van der Waals surface area contributed by atoms with E-state index < -0.39 is 5.91 Å². The Morgan fingerprint density at radius 2 is 2.16 bits per heavy atom. The van der Waals surface area contributed by atoms with Gasteiger partial charge in [-0.05, 0) is 53.0 Å². The third-order valence-electron chi connectivity index (χ3n) is 4.77. The summed E-state index contributed by atoms with van der Waals surface area (Å²) in [5.74, 6) is 0.144. The van der Waals surface area contributed by atoms with Crippen LogP contribution in [-0.4, -0.2) is 37.4 Å². The highest BCUT2D eigenvalue weighted by atomic mass is 79.9. The lowest BCUT2D eigenvalue weighted by atomic mass is 10.1. The molecule has 0 bridgehead atoms. The Hall–Kier alpha value is -3.78. The second kappa shape index (κ2) is 7.48. The molecule has 11 heteroatoms. The number of hydrogen-bond acceptors (Lipinski definition) is 8. The molecule has 2 fully saturated rings. The molecule has 2 amide bonds. The summed E-state index contributed by atoms with van der Waals surface area (Å²) >= 11 is 3.39. The zero-order chi connectivity index (χ0) is 21.5. The van der Waals surface area contributed by atoms with Crippen molar-refractivity contribution in [2.24, 2.45) is 0 Å². The molecule has 2 aliphatic rings. The summed E-state index contributed by atoms with van der Waals surface area (Å²) in [7, 11) is 0. The number of rotatable bonds is 5. The van der Waals surface area contributed by atoms with Gasteiger partial charge in [-0.25, -0.2) is 0 Å². The molecule has 31 heavy (non-hydrogen) atoms. The number of benzene rings is 1. The van der Waals surface area contributed by atoms with Crippen LogP contribution in [-0.2, 0) is 9.59 Å². The van der Waals surface area contributed by atoms with Gasteiger partial charge in [0.25, 0.3) is 5.91 Å². The maximum atomic E-state index is 11.9. The van der Waals surface area contributed by atoms with Crippen LogP contribution in [0.2, 0.25) is 0 Å². The lowest BCUT2D eigenvalue weighted by Crippen LogP contribution is -2.19. The largest absolute Gasteiger partial charge is 0.423 e. The second-order valence-electron chi connectivity index (χ2n) is 7.17. The molecule has 1 aliphatic carbocycles. The predicted molar refractivity (Wildman–Crippen MR) is 112 cm³/mol. The number of carbonyl (C=O) groups is 2. The van der Waals surface area contributed by atoms with E-state index in [1.54, 1.807) is 35.0 Å². The quantitative estimate of drug-likeness (QED) is 0.421. The Bertz CT molecular complexity index is 1320. The fourth-order valence-corrected chi connectivity index (χ4v) is 3.55. The standard InChI is InChI=1S/C20H14BrN7O3/c21-14-5-10(8-22)1-4-15(14)31-20-26-17-12(6-11-7-16(29)25-18(11)30)9-23-28(17)19(27-20)24-13-2-3-13/h1,4-6,9,13H,2-3,7H2,(H,24,26,27)(H,25,29,30)/b11-6+. The average Bonchev–Trinajstić information content (AvgIpc) is 3.38. The molecule has 1 aliphatic heterocycles. The first-order chi connectivity index (χ1) is 15.0. The van der Waals surface area contributed by atoms with Gasteiger partial charge in [-0.3, -0.25) is 14.9 Å². The van der Waals surface area contributed by atoms with Gasteiger partial charge in [-0.1, -0.05) is 0 Å². The minimum absolute atomic E-state index is 0.00990. The number of halogens is 1. The van der Waals surface area contributed by atoms with Gasteiger partial charge in [0.2, 0.25) is 11.9 Å². The number of ether oxygens (including phenoxy) is 1. The fourth-order valence-electron chi connectivity index (χ4n) is 3.09. The van der Waals surface area contributed by atoms with Gasteiger partial charge in [0.15, 0.2) is 5.65 Å². The van der Waals surface area contributed by atoms with Gasteiger partial charge >= 0.3 is 6.01 Å². The predicted octanol–water partition coefficient (Wildman–Crippen LogP) is 2.55. The molecule has 0 unspecified atom stereocenters. The van der Waals surface area contributed by atoms with E-state index in [1.807, 2.05) is 0 Å². The summed E-state index contributed by atoms with van der Waals surface area (Å²) in [4.78, 5) is 32.4. The molecule has 154 valence electrons. The topological polar surface area (TPSA) is 134 Å². The Kier molecular flexibility index (Phi) is 4.63. The summed E-state index contributed by atoms with van der Waals surface area (Å²) in [6, 6.07) is 7.37. The minimum Gasteiger partial charge on any atom is -0.423 e. The minimum atomic E-state index is -0.423. The molecular formula is C20H14BrN7O3. The first-order valence-corrected chi connectivity index (χ1v) is 10.2. The van der Waals surface area contributed by atoms with Crippen molar-refractivity contribution in [2.75, 3.05) is 5.32 Å². The number of nitrogens with zero attached hydrogens (tertiary/aromatic N) is 5. The summed E-state index contributed by atoms with van der Waals surface area (Å²) in [5, 5.41) is 18.9. The van der Waals surface area contributed by atoms with Gasteiger partial charge in [-0.15, -0.1) is 0 Å². The summed E-state index contributed by atoms with van der Waals surface area (Å²) in [5.41, 5.74) is 1.82. The van der Waals surface area contributed by atoms with Crippen molar-refractivity contribution in [2.45, 2.75) is 25.3 Å². The van der Waals surface area contributed by atoms with E-state index in [0.717, 1.165) is 12.8 Å². The van der Waals surface area contributed by atoms with E-state index in [1.165, 1.54) is 0 Å². The molecule has 10 nitrogen and oxygen atoms in total. The lowest BCUT2D eigenvalue weighted by molar-refractivity contribution is -0.124. The van der Waals surface area contributed by atoms with Crippen LogP contribution >= 0.6 is 15.9 Å². The number of imide groups is 1. The third kappa shape index (κ3) is 3.85. The average molecular weight is 480 g/mol. The number of aromatic nitrogens is 4. The zero-order valence-corrected chi connectivity index (χ0v) is 17.5. The first kappa shape index (κ1) is 19.2. The molecule has 1 saturated heterocycles. The van der Waals surface area contributed by atoms with Gasteiger partial charge in [0, 0.05) is 17.2 Å². The number of amides is 2. The molecule has 0 radical (unpaired) electrons. The number of carbonyl (C=O) groups excluding carboxylic acids is 2. The van der Waals surface area contributed by atoms with Crippen molar-refractivity contribution in [1.29, 1.82) is 5.26 Å². The SMILES string of the molecule is N#Cc1ccc(Oc2nc(NC3CC3)n3ncc(/C=C4\CC(=O)NC4=O)c3n2)c(Br)c1. The van der Waals surface area contributed by atoms with Crippen LogP contribution in [0.4, 0.5) is 5.95 Å². The van der Waals surface area contributed by atoms with Crippen LogP contribution in [0.15, 0.2) is 34.4 Å². The number of nitrogens with one attached hydrogen (secondary N) is 2. The molecular weight excluding hydrogens is 466 g/mol. The Balaban J connectivity index is 1.57. The van der Waals surface area contributed by atoms with Gasteiger partial charge in [-0.2, -0.15) is 24.8 Å². The molecule has 2 N–H and O–H groups in total. The lowest BCUT2D eigenvalue weighted by Gasteiger charge is -2.10. The number of fused-ring (bicyclic) bond motifs is 1. The van der Waals surface area contributed by atoms with E-state index in [2.05, 4.69) is 47.7 Å². The van der Waals surface area contributed by atoms with Crippen molar-refractivity contribution in [3.8, 4) is 17.8 Å². The molecule has 0 atom stereocenters.